The Hall–Kier alpha value is -1.31. The van der Waals surface area contributed by atoms with Crippen molar-refractivity contribution in [1.82, 2.24) is 0 Å². The molecule has 2 aromatic carbocycles. The van der Waals surface area contributed by atoms with E-state index in [1.54, 1.807) is 0 Å². The van der Waals surface area contributed by atoms with E-state index in [-0.39, 0.29) is 0 Å². The van der Waals surface area contributed by atoms with Crippen LogP contribution in [0.3, 0.4) is 0 Å². The summed E-state index contributed by atoms with van der Waals surface area (Å²) in [5, 5.41) is 11.1. The Morgan fingerprint density at radius 3 is 2.70 bits per heavy atom. The number of halogens is 1. The van der Waals surface area contributed by atoms with Crippen LogP contribution in [0.2, 0.25) is 5.02 Å². The van der Waals surface area contributed by atoms with Crippen LogP contribution in [-0.2, 0) is 19.3 Å². The van der Waals surface area contributed by atoms with E-state index >= 15 is 0 Å². The van der Waals surface area contributed by atoms with Crippen LogP contribution in [0.15, 0.2) is 36.4 Å². The Bertz CT molecular complexity index is 613. The van der Waals surface area contributed by atoms with E-state index in [1.807, 2.05) is 25.1 Å². The predicted octanol–water partition coefficient (Wildman–Crippen LogP) is 4.41. The highest BCUT2D eigenvalue weighted by atomic mass is 35.5. The van der Waals surface area contributed by atoms with Crippen LogP contribution in [0.25, 0.3) is 0 Å². The van der Waals surface area contributed by atoms with Crippen LogP contribution >= 0.6 is 11.6 Å². The number of aliphatic hydroxyl groups excluding tert-OH is 1. The van der Waals surface area contributed by atoms with E-state index in [0.29, 0.717) is 11.4 Å². The van der Waals surface area contributed by atoms with Crippen LogP contribution in [0, 0.1) is 6.92 Å². The maximum atomic E-state index is 10.4. The van der Waals surface area contributed by atoms with Gasteiger partial charge >= 0.3 is 0 Å². The van der Waals surface area contributed by atoms with E-state index < -0.39 is 6.10 Å². The van der Waals surface area contributed by atoms with Crippen molar-refractivity contribution in [2.45, 2.75) is 38.7 Å². The first-order valence-electron chi connectivity index (χ1n) is 7.17. The molecule has 104 valence electrons. The van der Waals surface area contributed by atoms with Gasteiger partial charge in [0.1, 0.15) is 0 Å². The van der Waals surface area contributed by atoms with Crippen LogP contribution in [0.1, 0.15) is 40.3 Å². The third-order valence-corrected chi connectivity index (χ3v) is 4.26. The summed E-state index contributed by atoms with van der Waals surface area (Å²) >= 11 is 6.06. The molecule has 2 heteroatoms. The molecule has 20 heavy (non-hydrogen) atoms. The number of hydrogen-bond donors (Lipinski definition) is 1. The third kappa shape index (κ3) is 2.89. The number of benzene rings is 2. The van der Waals surface area contributed by atoms with Crippen molar-refractivity contribution in [2.75, 3.05) is 0 Å². The first-order chi connectivity index (χ1) is 9.61. The van der Waals surface area contributed by atoms with Crippen molar-refractivity contribution >= 4 is 11.6 Å². The Labute approximate surface area is 125 Å². The van der Waals surface area contributed by atoms with Gasteiger partial charge in [0.2, 0.25) is 0 Å². The summed E-state index contributed by atoms with van der Waals surface area (Å²) in [6, 6.07) is 12.4. The molecule has 0 saturated carbocycles. The molecule has 1 nitrogen and oxygen atoms in total. The minimum Gasteiger partial charge on any atom is -0.388 e. The van der Waals surface area contributed by atoms with Gasteiger partial charge in [-0.3, -0.25) is 0 Å². The second kappa shape index (κ2) is 5.59. The lowest BCUT2D eigenvalue weighted by Gasteiger charge is -2.13. The number of aliphatic hydroxyl groups is 1. The molecule has 1 atom stereocenters. The number of rotatable bonds is 3. The average Bonchev–Trinajstić information content (AvgIpc) is 2.85. The zero-order chi connectivity index (χ0) is 14.1. The molecule has 0 saturated heterocycles. The van der Waals surface area contributed by atoms with Crippen molar-refractivity contribution in [3.05, 3.63) is 69.2 Å². The highest BCUT2D eigenvalue weighted by molar-refractivity contribution is 6.30. The van der Waals surface area contributed by atoms with E-state index in [0.717, 1.165) is 11.1 Å². The second-order valence-electron chi connectivity index (χ2n) is 5.74. The molecule has 0 heterocycles. The summed E-state index contributed by atoms with van der Waals surface area (Å²) in [5.74, 6) is 0. The molecule has 1 N–H and O–H groups in total. The van der Waals surface area contributed by atoms with Gasteiger partial charge in [-0.25, -0.2) is 0 Å². The Balaban J connectivity index is 1.80. The predicted molar refractivity (Wildman–Crippen MR) is 83.3 cm³/mol. The van der Waals surface area contributed by atoms with Gasteiger partial charge < -0.3 is 5.11 Å². The maximum Gasteiger partial charge on any atom is 0.0830 e. The SMILES string of the molecule is Cc1cc(Cl)cc(C(O)Cc2ccc3c(c2)CCC3)c1. The molecule has 0 amide bonds. The zero-order valence-electron chi connectivity index (χ0n) is 11.7. The van der Waals surface area contributed by atoms with Gasteiger partial charge in [-0.2, -0.15) is 0 Å². The molecule has 0 aromatic heterocycles. The quantitative estimate of drug-likeness (QED) is 0.886. The normalized spacial score (nSPS) is 15.2. The Morgan fingerprint density at radius 2 is 1.90 bits per heavy atom. The molecule has 1 aliphatic carbocycles. The van der Waals surface area contributed by atoms with E-state index in [9.17, 15) is 5.11 Å². The minimum atomic E-state index is -0.494. The summed E-state index contributed by atoms with van der Waals surface area (Å²) in [6.45, 7) is 2.00. The molecule has 0 aliphatic heterocycles. The molecule has 0 fully saturated rings. The molecule has 0 radical (unpaired) electrons. The molecule has 0 bridgehead atoms. The van der Waals surface area contributed by atoms with Crippen molar-refractivity contribution in [1.29, 1.82) is 0 Å². The fourth-order valence-electron chi connectivity index (χ4n) is 3.05. The highest BCUT2D eigenvalue weighted by Crippen LogP contribution is 2.27. The van der Waals surface area contributed by atoms with Crippen molar-refractivity contribution in [3.8, 4) is 0 Å². The number of hydrogen-bond acceptors (Lipinski definition) is 1. The zero-order valence-corrected chi connectivity index (χ0v) is 12.5. The fraction of sp³-hybridized carbons (Fsp3) is 0.333. The van der Waals surface area contributed by atoms with Gasteiger partial charge in [0.15, 0.2) is 0 Å². The molecule has 1 aliphatic rings. The fourth-order valence-corrected chi connectivity index (χ4v) is 3.35. The van der Waals surface area contributed by atoms with Gasteiger partial charge in [-0.05, 0) is 66.1 Å². The van der Waals surface area contributed by atoms with Crippen LogP contribution in [-0.4, -0.2) is 5.11 Å². The smallest absolute Gasteiger partial charge is 0.0830 e. The summed E-state index contributed by atoms with van der Waals surface area (Å²) in [5.41, 5.74) is 6.12. The van der Waals surface area contributed by atoms with E-state index in [1.165, 1.54) is 36.0 Å². The number of aryl methyl sites for hydroxylation is 3. The monoisotopic (exact) mass is 286 g/mol. The van der Waals surface area contributed by atoms with Crippen LogP contribution in [0.4, 0.5) is 0 Å². The van der Waals surface area contributed by atoms with Gasteiger partial charge in [-0.15, -0.1) is 0 Å². The summed E-state index contributed by atoms with van der Waals surface area (Å²) in [7, 11) is 0. The largest absolute Gasteiger partial charge is 0.388 e. The standard InChI is InChI=1S/C18H19ClO/c1-12-7-16(11-17(19)8-12)18(20)10-13-5-6-14-3-2-4-15(14)9-13/h5-9,11,18,20H,2-4,10H2,1H3. The average molecular weight is 287 g/mol. The van der Waals surface area contributed by atoms with Crippen LogP contribution < -0.4 is 0 Å². The Kier molecular flexibility index (Phi) is 3.82. The Morgan fingerprint density at radius 1 is 1.10 bits per heavy atom. The summed E-state index contributed by atoms with van der Waals surface area (Å²) in [4.78, 5) is 0. The lowest BCUT2D eigenvalue weighted by Crippen LogP contribution is -2.03. The first-order valence-corrected chi connectivity index (χ1v) is 7.55. The van der Waals surface area contributed by atoms with Gasteiger partial charge in [-0.1, -0.05) is 35.9 Å². The lowest BCUT2D eigenvalue weighted by molar-refractivity contribution is 0.178. The van der Waals surface area contributed by atoms with Gasteiger partial charge in [0, 0.05) is 11.4 Å². The number of fused-ring (bicyclic) bond motifs is 1. The van der Waals surface area contributed by atoms with Crippen LogP contribution in [0.5, 0.6) is 0 Å². The van der Waals surface area contributed by atoms with Crippen molar-refractivity contribution in [3.63, 3.8) is 0 Å². The molecular weight excluding hydrogens is 268 g/mol. The van der Waals surface area contributed by atoms with Crippen molar-refractivity contribution in [2.24, 2.45) is 0 Å². The van der Waals surface area contributed by atoms with E-state index in [2.05, 4.69) is 18.2 Å². The third-order valence-electron chi connectivity index (χ3n) is 4.04. The second-order valence-corrected chi connectivity index (χ2v) is 6.17. The molecular formula is C18H19ClO. The summed E-state index contributed by atoms with van der Waals surface area (Å²) < 4.78 is 0. The van der Waals surface area contributed by atoms with Gasteiger partial charge in [0.05, 0.1) is 6.10 Å². The molecule has 1 unspecified atom stereocenters. The van der Waals surface area contributed by atoms with E-state index in [4.69, 9.17) is 11.6 Å². The highest BCUT2D eigenvalue weighted by Gasteiger charge is 2.14. The topological polar surface area (TPSA) is 20.2 Å². The maximum absolute atomic E-state index is 10.4. The molecule has 2 aromatic rings. The minimum absolute atomic E-state index is 0.494. The lowest BCUT2D eigenvalue weighted by atomic mass is 9.97. The first kappa shape index (κ1) is 13.7. The van der Waals surface area contributed by atoms with Crippen molar-refractivity contribution < 1.29 is 5.11 Å². The van der Waals surface area contributed by atoms with Gasteiger partial charge in [0.25, 0.3) is 0 Å². The molecule has 3 rings (SSSR count). The molecule has 0 spiro atoms. The summed E-state index contributed by atoms with van der Waals surface area (Å²) in [6.07, 6.45) is 3.79.